The van der Waals surface area contributed by atoms with Crippen molar-refractivity contribution < 1.29 is 14.3 Å². The van der Waals surface area contributed by atoms with Crippen molar-refractivity contribution in [2.24, 2.45) is 5.92 Å². The number of ether oxygens (including phenoxy) is 2. The Labute approximate surface area is 153 Å². The van der Waals surface area contributed by atoms with Gasteiger partial charge in [0.15, 0.2) is 11.5 Å². The molecule has 1 aromatic rings. The zero-order chi connectivity index (χ0) is 19.1. The van der Waals surface area contributed by atoms with Gasteiger partial charge in [0, 0.05) is 13.0 Å². The van der Waals surface area contributed by atoms with Crippen molar-refractivity contribution >= 4 is 5.91 Å². The molecule has 25 heavy (non-hydrogen) atoms. The highest BCUT2D eigenvalue weighted by atomic mass is 16.5. The van der Waals surface area contributed by atoms with Crippen LogP contribution in [0.1, 0.15) is 58.9 Å². The molecule has 4 nitrogen and oxygen atoms in total. The molecule has 0 heterocycles. The third-order valence-corrected chi connectivity index (χ3v) is 3.48. The van der Waals surface area contributed by atoms with Gasteiger partial charge in [0.1, 0.15) is 0 Å². The van der Waals surface area contributed by atoms with Gasteiger partial charge in [-0.2, -0.15) is 0 Å². The highest BCUT2D eigenvalue weighted by Crippen LogP contribution is 2.27. The molecule has 0 bridgehead atoms. The first-order valence-corrected chi connectivity index (χ1v) is 9.21. The second-order valence-corrected chi connectivity index (χ2v) is 5.88. The van der Waals surface area contributed by atoms with Crippen molar-refractivity contribution in [2.75, 3.05) is 14.2 Å². The van der Waals surface area contributed by atoms with E-state index in [2.05, 4.69) is 31.3 Å². The lowest BCUT2D eigenvalue weighted by Crippen LogP contribution is -2.22. The summed E-state index contributed by atoms with van der Waals surface area (Å²) in [7, 11) is 3.21. The average molecular weight is 350 g/mol. The van der Waals surface area contributed by atoms with Crippen LogP contribution in [0.3, 0.4) is 0 Å². The maximum atomic E-state index is 11.8. The van der Waals surface area contributed by atoms with E-state index >= 15 is 0 Å². The van der Waals surface area contributed by atoms with Crippen LogP contribution in [0, 0.1) is 5.92 Å². The van der Waals surface area contributed by atoms with Crippen molar-refractivity contribution in [1.29, 1.82) is 0 Å². The largest absolute Gasteiger partial charge is 0.493 e. The van der Waals surface area contributed by atoms with Crippen molar-refractivity contribution in [3.8, 4) is 11.5 Å². The Bertz CT molecular complexity index is 510. The number of rotatable bonds is 10. The molecule has 0 radical (unpaired) electrons. The highest BCUT2D eigenvalue weighted by Gasteiger charge is 2.06. The van der Waals surface area contributed by atoms with Crippen molar-refractivity contribution in [2.45, 2.75) is 59.9 Å². The second-order valence-electron chi connectivity index (χ2n) is 5.88. The number of methoxy groups -OCH3 is 2. The van der Waals surface area contributed by atoms with Crippen LogP contribution in [0.5, 0.6) is 11.5 Å². The van der Waals surface area contributed by atoms with Crippen LogP contribution in [0.15, 0.2) is 30.4 Å². The number of amides is 1. The van der Waals surface area contributed by atoms with Gasteiger partial charge in [-0.05, 0) is 42.9 Å². The van der Waals surface area contributed by atoms with Gasteiger partial charge in [0.05, 0.1) is 14.2 Å². The summed E-state index contributed by atoms with van der Waals surface area (Å²) in [6.45, 7) is 8.84. The van der Waals surface area contributed by atoms with Crippen LogP contribution >= 0.6 is 0 Å². The Kier molecular flexibility index (Phi) is 13.2. The summed E-state index contributed by atoms with van der Waals surface area (Å²) in [6.07, 6.45) is 7.99. The van der Waals surface area contributed by atoms with Crippen LogP contribution in [0.25, 0.3) is 0 Å². The number of unbranched alkanes of at least 4 members (excludes halogenated alkanes) is 2. The fraction of sp³-hybridized carbons (Fsp3) is 0.571. The third kappa shape index (κ3) is 10.5. The molecule has 0 aliphatic rings. The minimum Gasteiger partial charge on any atom is -0.493 e. The number of hydrogen-bond acceptors (Lipinski definition) is 3. The molecule has 0 saturated carbocycles. The topological polar surface area (TPSA) is 47.6 Å². The average Bonchev–Trinajstić information content (AvgIpc) is 2.63. The molecule has 0 fully saturated rings. The molecule has 4 heteroatoms. The molecule has 0 aromatic heterocycles. The second kappa shape index (κ2) is 14.4. The fourth-order valence-corrected chi connectivity index (χ4v) is 2.20. The van der Waals surface area contributed by atoms with Crippen LogP contribution < -0.4 is 14.8 Å². The summed E-state index contributed by atoms with van der Waals surface area (Å²) >= 11 is 0. The van der Waals surface area contributed by atoms with Crippen molar-refractivity contribution in [1.82, 2.24) is 5.32 Å². The predicted octanol–water partition coefficient (Wildman–Crippen LogP) is 5.12. The Morgan fingerprint density at radius 2 is 1.80 bits per heavy atom. The standard InChI is InChI=1S/C19H29NO3.C2H6/c1-15(2)9-7-5-6-8-10-19(21)20-14-16-11-12-17(22-3)18(13-16)23-4;1-2/h7,9,11-13,15H,5-6,8,10,14H2,1-4H3,(H,20,21);1-2H3/b9-7-;. The Balaban J connectivity index is 0.00000277. The van der Waals surface area contributed by atoms with Crippen molar-refractivity contribution in [3.63, 3.8) is 0 Å². The first kappa shape index (κ1) is 23.0. The minimum atomic E-state index is 0.0904. The smallest absolute Gasteiger partial charge is 0.220 e. The molecule has 1 rings (SSSR count). The molecule has 0 aliphatic heterocycles. The van der Waals surface area contributed by atoms with Gasteiger partial charge in [-0.1, -0.05) is 45.9 Å². The van der Waals surface area contributed by atoms with E-state index in [1.807, 2.05) is 32.0 Å². The van der Waals surface area contributed by atoms with E-state index in [4.69, 9.17) is 9.47 Å². The lowest BCUT2D eigenvalue weighted by molar-refractivity contribution is -0.121. The molecular formula is C21H35NO3. The maximum Gasteiger partial charge on any atom is 0.220 e. The highest BCUT2D eigenvalue weighted by molar-refractivity contribution is 5.75. The van der Waals surface area contributed by atoms with E-state index in [9.17, 15) is 4.79 Å². The maximum absolute atomic E-state index is 11.8. The summed E-state index contributed by atoms with van der Waals surface area (Å²) in [5.74, 6) is 2.06. The first-order chi connectivity index (χ1) is 12.1. The molecule has 0 saturated heterocycles. The zero-order valence-corrected chi connectivity index (χ0v) is 16.7. The number of carbonyl (C=O) groups excluding carboxylic acids is 1. The zero-order valence-electron chi connectivity index (χ0n) is 16.7. The Morgan fingerprint density at radius 1 is 1.12 bits per heavy atom. The van der Waals surface area contributed by atoms with Crippen LogP contribution in [-0.2, 0) is 11.3 Å². The molecule has 0 spiro atoms. The molecular weight excluding hydrogens is 314 g/mol. The normalized spacial score (nSPS) is 10.4. The number of benzene rings is 1. The third-order valence-electron chi connectivity index (χ3n) is 3.48. The van der Waals surface area contributed by atoms with Gasteiger partial charge in [-0.3, -0.25) is 4.79 Å². The lowest BCUT2D eigenvalue weighted by Gasteiger charge is -2.10. The van der Waals surface area contributed by atoms with Crippen LogP contribution in [0.2, 0.25) is 0 Å². The van der Waals surface area contributed by atoms with Crippen molar-refractivity contribution in [3.05, 3.63) is 35.9 Å². The minimum absolute atomic E-state index is 0.0904. The molecule has 1 aromatic carbocycles. The summed E-state index contributed by atoms with van der Waals surface area (Å²) in [5.41, 5.74) is 0.996. The van der Waals surface area contributed by atoms with Gasteiger partial charge >= 0.3 is 0 Å². The number of hydrogen-bond donors (Lipinski definition) is 1. The van der Waals surface area contributed by atoms with E-state index in [1.54, 1.807) is 14.2 Å². The van der Waals surface area contributed by atoms with Gasteiger partial charge in [0.25, 0.3) is 0 Å². The Morgan fingerprint density at radius 3 is 2.40 bits per heavy atom. The summed E-state index contributed by atoms with van der Waals surface area (Å²) in [6, 6.07) is 5.66. The van der Waals surface area contributed by atoms with Crippen LogP contribution in [0.4, 0.5) is 0 Å². The van der Waals surface area contributed by atoms with Gasteiger partial charge in [0.2, 0.25) is 5.91 Å². The first-order valence-electron chi connectivity index (χ1n) is 9.21. The number of allylic oxidation sites excluding steroid dienone is 2. The molecule has 1 N–H and O–H groups in total. The number of carbonyl (C=O) groups is 1. The summed E-state index contributed by atoms with van der Waals surface area (Å²) in [4.78, 5) is 11.8. The predicted molar refractivity (Wildman–Crippen MR) is 105 cm³/mol. The van der Waals surface area contributed by atoms with E-state index < -0.39 is 0 Å². The van der Waals surface area contributed by atoms with E-state index in [0.717, 1.165) is 24.8 Å². The monoisotopic (exact) mass is 349 g/mol. The Hall–Kier alpha value is -1.97. The quantitative estimate of drug-likeness (QED) is 0.471. The molecule has 142 valence electrons. The van der Waals surface area contributed by atoms with Gasteiger partial charge in [-0.15, -0.1) is 0 Å². The molecule has 0 aliphatic carbocycles. The summed E-state index contributed by atoms with van der Waals surface area (Å²) in [5, 5.41) is 2.94. The van der Waals surface area contributed by atoms with Gasteiger partial charge in [-0.25, -0.2) is 0 Å². The van der Waals surface area contributed by atoms with E-state index in [0.29, 0.717) is 30.4 Å². The molecule has 0 unspecified atom stereocenters. The molecule has 0 atom stereocenters. The lowest BCUT2D eigenvalue weighted by atomic mass is 10.1. The van der Waals surface area contributed by atoms with Gasteiger partial charge < -0.3 is 14.8 Å². The number of nitrogens with one attached hydrogen (secondary N) is 1. The van der Waals surface area contributed by atoms with E-state index in [1.165, 1.54) is 0 Å². The SMILES string of the molecule is CC.COc1ccc(CNC(=O)CCCC/C=C\C(C)C)cc1OC. The molecule has 1 amide bonds. The fourth-order valence-electron chi connectivity index (χ4n) is 2.20. The van der Waals surface area contributed by atoms with E-state index in [-0.39, 0.29) is 5.91 Å². The van der Waals surface area contributed by atoms with Crippen LogP contribution in [-0.4, -0.2) is 20.1 Å². The summed E-state index contributed by atoms with van der Waals surface area (Å²) < 4.78 is 10.5.